The second kappa shape index (κ2) is 5.97. The summed E-state index contributed by atoms with van der Waals surface area (Å²) in [4.78, 5) is 4.77. The summed E-state index contributed by atoms with van der Waals surface area (Å²) in [5, 5.41) is 4.64. The van der Waals surface area contributed by atoms with Crippen LogP contribution in [0.25, 0.3) is 11.2 Å². The van der Waals surface area contributed by atoms with Crippen molar-refractivity contribution in [1.29, 1.82) is 0 Å². The van der Waals surface area contributed by atoms with Gasteiger partial charge in [-0.25, -0.2) is 4.98 Å². The summed E-state index contributed by atoms with van der Waals surface area (Å²) in [6.07, 6.45) is 3.13. The molecule has 2 atom stereocenters. The van der Waals surface area contributed by atoms with Crippen LogP contribution in [-0.2, 0) is 24.1 Å². The lowest BCUT2D eigenvalue weighted by Crippen LogP contribution is -2.20. The molecule has 0 N–H and O–H groups in total. The molecule has 1 fully saturated rings. The molecule has 1 saturated heterocycles. The number of halogens is 1. The van der Waals surface area contributed by atoms with Crippen LogP contribution in [0.3, 0.4) is 0 Å². The molecule has 0 spiro atoms. The van der Waals surface area contributed by atoms with Crippen molar-refractivity contribution in [1.82, 2.24) is 19.3 Å². The zero-order valence-corrected chi connectivity index (χ0v) is 13.7. The fraction of sp³-hybridized carbons (Fsp3) is 0.733. The molecule has 5 nitrogen and oxygen atoms in total. The molecular weight excluding hydrogens is 288 g/mol. The van der Waals surface area contributed by atoms with E-state index in [1.54, 1.807) is 0 Å². The van der Waals surface area contributed by atoms with E-state index in [0.717, 1.165) is 55.2 Å². The lowest BCUT2D eigenvalue weighted by Gasteiger charge is -2.22. The highest BCUT2D eigenvalue weighted by Gasteiger charge is 2.28. The number of alkyl halides is 1. The number of imidazole rings is 1. The molecule has 2 aromatic rings. The highest BCUT2D eigenvalue weighted by atomic mass is 35.5. The van der Waals surface area contributed by atoms with Crippen molar-refractivity contribution in [3.63, 3.8) is 0 Å². The van der Waals surface area contributed by atoms with E-state index < -0.39 is 0 Å². The minimum atomic E-state index is 0.330. The van der Waals surface area contributed by atoms with Crippen LogP contribution in [0.5, 0.6) is 0 Å². The Balaban J connectivity index is 2.10. The first-order chi connectivity index (χ1) is 10.2. The Labute approximate surface area is 130 Å². The maximum Gasteiger partial charge on any atom is 0.158 e. The van der Waals surface area contributed by atoms with Crippen LogP contribution in [-0.4, -0.2) is 32.5 Å². The van der Waals surface area contributed by atoms with Gasteiger partial charge in [0.2, 0.25) is 0 Å². The molecule has 2 aromatic heterocycles. The first-order valence-electron chi connectivity index (χ1n) is 7.73. The van der Waals surface area contributed by atoms with Gasteiger partial charge in [0.25, 0.3) is 0 Å². The van der Waals surface area contributed by atoms with E-state index in [-0.39, 0.29) is 0 Å². The highest BCUT2D eigenvalue weighted by molar-refractivity contribution is 6.16. The molecule has 6 heteroatoms. The number of hydrogen-bond donors (Lipinski definition) is 0. The Bertz CT molecular complexity index is 627. The number of nitrogens with zero attached hydrogens (tertiary/aromatic N) is 4. The van der Waals surface area contributed by atoms with Crippen molar-refractivity contribution in [2.75, 3.05) is 13.2 Å². The second-order valence-electron chi connectivity index (χ2n) is 5.89. The molecule has 21 heavy (non-hydrogen) atoms. The van der Waals surface area contributed by atoms with Gasteiger partial charge in [-0.15, -0.1) is 11.6 Å². The Morgan fingerprint density at radius 3 is 2.90 bits per heavy atom. The average molecular weight is 311 g/mol. The summed E-state index contributed by atoms with van der Waals surface area (Å²) < 4.78 is 9.77. The van der Waals surface area contributed by atoms with Gasteiger partial charge in [-0.1, -0.05) is 13.3 Å². The van der Waals surface area contributed by atoms with Crippen molar-refractivity contribution in [2.24, 2.45) is 13.0 Å². The van der Waals surface area contributed by atoms with Crippen molar-refractivity contribution in [2.45, 2.75) is 45.0 Å². The third kappa shape index (κ3) is 2.46. The minimum absolute atomic E-state index is 0.330. The van der Waals surface area contributed by atoms with Crippen LogP contribution in [0.15, 0.2) is 0 Å². The molecule has 0 radical (unpaired) electrons. The predicted molar refractivity (Wildman–Crippen MR) is 83.7 cm³/mol. The van der Waals surface area contributed by atoms with Gasteiger partial charge in [-0.2, -0.15) is 5.10 Å². The van der Waals surface area contributed by atoms with Crippen molar-refractivity contribution in [3.05, 3.63) is 11.5 Å². The summed E-state index contributed by atoms with van der Waals surface area (Å²) >= 11 is 6.15. The average Bonchev–Trinajstić information content (AvgIpc) is 3.17. The SMILES string of the molecule is CCCc1nn(C)c2c1nc(CCl)n2C(C)C1CCOC1. The van der Waals surface area contributed by atoms with Gasteiger partial charge in [0.15, 0.2) is 5.65 Å². The minimum Gasteiger partial charge on any atom is -0.381 e. The lowest BCUT2D eigenvalue weighted by molar-refractivity contribution is 0.175. The largest absolute Gasteiger partial charge is 0.381 e. The molecule has 2 unspecified atom stereocenters. The van der Waals surface area contributed by atoms with E-state index >= 15 is 0 Å². The molecule has 3 rings (SSSR count). The fourth-order valence-corrected chi connectivity index (χ4v) is 3.51. The van der Waals surface area contributed by atoms with Crippen molar-refractivity contribution < 1.29 is 4.74 Å². The van der Waals surface area contributed by atoms with E-state index in [2.05, 4.69) is 23.5 Å². The molecule has 3 heterocycles. The van der Waals surface area contributed by atoms with Gasteiger partial charge < -0.3 is 9.30 Å². The molecular formula is C15H23ClN4O. The Morgan fingerprint density at radius 1 is 1.48 bits per heavy atom. The normalized spacial score (nSPS) is 20.5. The van der Waals surface area contributed by atoms with Gasteiger partial charge in [-0.3, -0.25) is 4.68 Å². The molecule has 0 aromatic carbocycles. The van der Waals surface area contributed by atoms with Crippen LogP contribution in [0.2, 0.25) is 0 Å². The summed E-state index contributed by atoms with van der Waals surface area (Å²) in [5.74, 6) is 1.89. The van der Waals surface area contributed by atoms with Gasteiger partial charge in [0.1, 0.15) is 11.3 Å². The van der Waals surface area contributed by atoms with Crippen LogP contribution in [0.4, 0.5) is 0 Å². The van der Waals surface area contributed by atoms with Crippen LogP contribution in [0, 0.1) is 5.92 Å². The lowest BCUT2D eigenvalue weighted by atomic mass is 10.0. The standard InChI is InChI=1S/C15H23ClN4O/c1-4-5-12-14-15(19(3)18-12)20(13(8-16)17-14)10(2)11-6-7-21-9-11/h10-11H,4-9H2,1-3H3. The molecule has 0 amide bonds. The Morgan fingerprint density at radius 2 is 2.29 bits per heavy atom. The summed E-state index contributed by atoms with van der Waals surface area (Å²) in [7, 11) is 2.00. The summed E-state index contributed by atoms with van der Waals surface area (Å²) in [5.41, 5.74) is 3.18. The van der Waals surface area contributed by atoms with E-state index in [1.165, 1.54) is 0 Å². The third-order valence-electron chi connectivity index (χ3n) is 4.47. The Hall–Kier alpha value is -1.07. The molecule has 0 bridgehead atoms. The molecule has 1 aliphatic heterocycles. The van der Waals surface area contributed by atoms with Crippen molar-refractivity contribution >= 4 is 22.8 Å². The monoisotopic (exact) mass is 310 g/mol. The molecule has 116 valence electrons. The van der Waals surface area contributed by atoms with Gasteiger partial charge in [-0.05, 0) is 19.8 Å². The number of aryl methyl sites for hydroxylation is 2. The van der Waals surface area contributed by atoms with E-state index in [4.69, 9.17) is 21.3 Å². The second-order valence-corrected chi connectivity index (χ2v) is 6.16. The molecule has 0 saturated carbocycles. The first-order valence-corrected chi connectivity index (χ1v) is 8.27. The molecule has 0 aliphatic carbocycles. The maximum absolute atomic E-state index is 6.15. The van der Waals surface area contributed by atoms with Gasteiger partial charge in [0.05, 0.1) is 18.2 Å². The number of aromatic nitrogens is 4. The zero-order chi connectivity index (χ0) is 15.0. The number of fused-ring (bicyclic) bond motifs is 1. The number of ether oxygens (including phenoxy) is 1. The first kappa shape index (κ1) is 14.9. The highest BCUT2D eigenvalue weighted by Crippen LogP contribution is 2.32. The van der Waals surface area contributed by atoms with Crippen LogP contribution >= 0.6 is 11.6 Å². The van der Waals surface area contributed by atoms with Crippen LogP contribution in [0.1, 0.15) is 44.2 Å². The quantitative estimate of drug-likeness (QED) is 0.797. The zero-order valence-electron chi connectivity index (χ0n) is 13.0. The van der Waals surface area contributed by atoms with Gasteiger partial charge >= 0.3 is 0 Å². The third-order valence-corrected chi connectivity index (χ3v) is 4.71. The number of hydrogen-bond acceptors (Lipinski definition) is 3. The van der Waals surface area contributed by atoms with E-state index in [1.807, 2.05) is 11.7 Å². The van der Waals surface area contributed by atoms with E-state index in [0.29, 0.717) is 17.8 Å². The Kier molecular flexibility index (Phi) is 4.22. The smallest absolute Gasteiger partial charge is 0.158 e. The maximum atomic E-state index is 6.15. The van der Waals surface area contributed by atoms with E-state index in [9.17, 15) is 0 Å². The fourth-order valence-electron chi connectivity index (χ4n) is 3.32. The summed E-state index contributed by atoms with van der Waals surface area (Å²) in [6.45, 7) is 6.08. The molecule has 1 aliphatic rings. The number of rotatable bonds is 5. The van der Waals surface area contributed by atoms with Gasteiger partial charge in [0, 0.05) is 25.6 Å². The topological polar surface area (TPSA) is 44.9 Å². The summed E-state index contributed by atoms with van der Waals surface area (Å²) in [6, 6.07) is 0.330. The van der Waals surface area contributed by atoms with Crippen LogP contribution < -0.4 is 0 Å². The van der Waals surface area contributed by atoms with Crippen molar-refractivity contribution in [3.8, 4) is 0 Å². The predicted octanol–water partition coefficient (Wildman–Crippen LogP) is 3.06.